The standard InChI is InChI=1S/C20H19FN2O5S/c1-13-4-5-14(9-17(13)21)19-10-18(22-28-19)20(24)23(11-16-3-2-7-27-16)15-6-8-29(25,26)12-15/h2-5,7,9-10,15H,6,8,11-12H2,1H3/t15-/m0/s1. The molecule has 0 saturated carbocycles. The molecular weight excluding hydrogens is 399 g/mol. The highest BCUT2D eigenvalue weighted by atomic mass is 32.2. The van der Waals surface area contributed by atoms with E-state index in [9.17, 15) is 17.6 Å². The summed E-state index contributed by atoms with van der Waals surface area (Å²) in [7, 11) is -3.19. The monoisotopic (exact) mass is 418 g/mol. The number of nitrogens with zero attached hydrogens (tertiary/aromatic N) is 2. The van der Waals surface area contributed by atoms with Crippen molar-refractivity contribution in [3.63, 3.8) is 0 Å². The van der Waals surface area contributed by atoms with Crippen molar-refractivity contribution < 1.29 is 26.5 Å². The molecule has 1 aromatic carbocycles. The fourth-order valence-electron chi connectivity index (χ4n) is 3.36. The van der Waals surface area contributed by atoms with Crippen LogP contribution in [0, 0.1) is 12.7 Å². The Morgan fingerprint density at radius 2 is 2.14 bits per heavy atom. The first kappa shape index (κ1) is 19.4. The summed E-state index contributed by atoms with van der Waals surface area (Å²) in [5, 5.41) is 3.83. The first-order valence-electron chi connectivity index (χ1n) is 9.09. The number of rotatable bonds is 5. The average Bonchev–Trinajstić information content (AvgIpc) is 3.42. The summed E-state index contributed by atoms with van der Waals surface area (Å²) >= 11 is 0. The number of amides is 1. The fourth-order valence-corrected chi connectivity index (χ4v) is 5.09. The maximum atomic E-state index is 13.8. The van der Waals surface area contributed by atoms with Crippen molar-refractivity contribution in [3.8, 4) is 11.3 Å². The van der Waals surface area contributed by atoms with E-state index in [1.165, 1.54) is 23.3 Å². The van der Waals surface area contributed by atoms with Crippen molar-refractivity contribution in [2.24, 2.45) is 0 Å². The minimum absolute atomic E-state index is 0.0248. The SMILES string of the molecule is Cc1ccc(-c2cc(C(=O)N(Cc3ccco3)[C@H]3CCS(=O)(=O)C3)no2)cc1F. The van der Waals surface area contributed by atoms with E-state index in [-0.39, 0.29) is 35.3 Å². The minimum Gasteiger partial charge on any atom is -0.467 e. The number of aryl methyl sites for hydroxylation is 1. The lowest BCUT2D eigenvalue weighted by atomic mass is 10.1. The third-order valence-electron chi connectivity index (χ3n) is 5.00. The number of benzene rings is 1. The van der Waals surface area contributed by atoms with Gasteiger partial charge < -0.3 is 13.8 Å². The van der Waals surface area contributed by atoms with Gasteiger partial charge in [-0.3, -0.25) is 4.79 Å². The molecule has 152 valence electrons. The van der Waals surface area contributed by atoms with E-state index in [1.54, 1.807) is 31.2 Å². The van der Waals surface area contributed by atoms with Crippen LogP contribution in [0.3, 0.4) is 0 Å². The number of carbonyl (C=O) groups is 1. The molecule has 1 fully saturated rings. The molecule has 9 heteroatoms. The number of hydrogen-bond acceptors (Lipinski definition) is 6. The third kappa shape index (κ3) is 4.09. The summed E-state index contributed by atoms with van der Waals surface area (Å²) < 4.78 is 48.3. The second-order valence-electron chi connectivity index (χ2n) is 7.11. The maximum absolute atomic E-state index is 13.8. The van der Waals surface area contributed by atoms with Crippen molar-refractivity contribution in [2.45, 2.75) is 25.9 Å². The molecule has 7 nitrogen and oxygen atoms in total. The van der Waals surface area contributed by atoms with E-state index in [4.69, 9.17) is 8.94 Å². The summed E-state index contributed by atoms with van der Waals surface area (Å²) in [5.74, 6) is -0.135. The van der Waals surface area contributed by atoms with Crippen LogP contribution in [-0.4, -0.2) is 41.9 Å². The van der Waals surface area contributed by atoms with E-state index < -0.39 is 21.8 Å². The van der Waals surface area contributed by atoms with Crippen LogP contribution in [0.15, 0.2) is 51.6 Å². The second kappa shape index (κ2) is 7.47. The van der Waals surface area contributed by atoms with Gasteiger partial charge >= 0.3 is 0 Å². The van der Waals surface area contributed by atoms with Gasteiger partial charge in [-0.2, -0.15) is 0 Å². The van der Waals surface area contributed by atoms with Gasteiger partial charge in [-0.05, 0) is 37.1 Å². The minimum atomic E-state index is -3.19. The number of hydrogen-bond donors (Lipinski definition) is 0. The van der Waals surface area contributed by atoms with Crippen LogP contribution < -0.4 is 0 Å². The lowest BCUT2D eigenvalue weighted by Gasteiger charge is -2.26. The van der Waals surface area contributed by atoms with Gasteiger partial charge in [0.15, 0.2) is 21.3 Å². The molecule has 0 N–H and O–H groups in total. The van der Waals surface area contributed by atoms with Crippen LogP contribution in [0.5, 0.6) is 0 Å². The molecule has 1 atom stereocenters. The molecule has 0 unspecified atom stereocenters. The van der Waals surface area contributed by atoms with Gasteiger partial charge in [0.2, 0.25) is 0 Å². The van der Waals surface area contributed by atoms with Gasteiger partial charge in [0.25, 0.3) is 5.91 Å². The van der Waals surface area contributed by atoms with Gasteiger partial charge in [-0.1, -0.05) is 17.3 Å². The fraction of sp³-hybridized carbons (Fsp3) is 0.300. The zero-order valence-corrected chi connectivity index (χ0v) is 16.5. The normalized spacial score (nSPS) is 18.1. The van der Waals surface area contributed by atoms with E-state index in [0.29, 0.717) is 23.3 Å². The first-order chi connectivity index (χ1) is 13.8. The van der Waals surface area contributed by atoms with E-state index in [2.05, 4.69) is 5.16 Å². The Hall–Kier alpha value is -2.94. The molecule has 1 aliphatic heterocycles. The lowest BCUT2D eigenvalue weighted by molar-refractivity contribution is 0.0655. The van der Waals surface area contributed by atoms with Crippen molar-refractivity contribution in [2.75, 3.05) is 11.5 Å². The molecule has 3 heterocycles. The molecule has 0 aliphatic carbocycles. The van der Waals surface area contributed by atoms with Gasteiger partial charge in [0, 0.05) is 17.7 Å². The molecule has 1 saturated heterocycles. The van der Waals surface area contributed by atoms with E-state index >= 15 is 0 Å². The molecule has 0 radical (unpaired) electrons. The largest absolute Gasteiger partial charge is 0.467 e. The van der Waals surface area contributed by atoms with Crippen LogP contribution in [0.4, 0.5) is 4.39 Å². The van der Waals surface area contributed by atoms with Gasteiger partial charge in [0.05, 0.1) is 24.3 Å². The number of carbonyl (C=O) groups excluding carboxylic acids is 1. The smallest absolute Gasteiger partial charge is 0.276 e. The Kier molecular flexibility index (Phi) is 4.99. The van der Waals surface area contributed by atoms with Crippen molar-refractivity contribution in [3.05, 3.63) is 65.5 Å². The number of furan rings is 1. The number of aromatic nitrogens is 1. The highest BCUT2D eigenvalue weighted by molar-refractivity contribution is 7.91. The maximum Gasteiger partial charge on any atom is 0.276 e. The molecular formula is C20H19FN2O5S. The van der Waals surface area contributed by atoms with Crippen LogP contribution >= 0.6 is 0 Å². The average molecular weight is 418 g/mol. The predicted molar refractivity (Wildman–Crippen MR) is 102 cm³/mol. The zero-order chi connectivity index (χ0) is 20.6. The van der Waals surface area contributed by atoms with Gasteiger partial charge in [-0.15, -0.1) is 0 Å². The molecule has 1 aliphatic rings. The van der Waals surface area contributed by atoms with Crippen molar-refractivity contribution in [1.82, 2.24) is 10.1 Å². The first-order valence-corrected chi connectivity index (χ1v) is 10.9. The van der Waals surface area contributed by atoms with Crippen LogP contribution in [-0.2, 0) is 16.4 Å². The molecule has 0 spiro atoms. The summed E-state index contributed by atoms with van der Waals surface area (Å²) in [4.78, 5) is 14.6. The Labute approximate surface area is 167 Å². The van der Waals surface area contributed by atoms with E-state index in [0.717, 1.165) is 0 Å². The topological polar surface area (TPSA) is 93.6 Å². The Morgan fingerprint density at radius 3 is 2.79 bits per heavy atom. The Balaban J connectivity index is 1.62. The lowest BCUT2D eigenvalue weighted by Crippen LogP contribution is -2.40. The predicted octanol–water partition coefficient (Wildman–Crippen LogP) is 3.21. The van der Waals surface area contributed by atoms with E-state index in [1.807, 2.05) is 0 Å². The van der Waals surface area contributed by atoms with Crippen LogP contribution in [0.1, 0.15) is 28.2 Å². The summed E-state index contributed by atoms with van der Waals surface area (Å²) in [5.41, 5.74) is 0.981. The zero-order valence-electron chi connectivity index (χ0n) is 15.7. The summed E-state index contributed by atoms with van der Waals surface area (Å²) in [6, 6.07) is 8.98. The van der Waals surface area contributed by atoms with Gasteiger partial charge in [0.1, 0.15) is 11.6 Å². The Morgan fingerprint density at radius 1 is 1.31 bits per heavy atom. The molecule has 4 rings (SSSR count). The van der Waals surface area contributed by atoms with Crippen LogP contribution in [0.25, 0.3) is 11.3 Å². The van der Waals surface area contributed by atoms with Gasteiger partial charge in [-0.25, -0.2) is 12.8 Å². The van der Waals surface area contributed by atoms with Crippen molar-refractivity contribution in [1.29, 1.82) is 0 Å². The molecule has 29 heavy (non-hydrogen) atoms. The van der Waals surface area contributed by atoms with Crippen molar-refractivity contribution >= 4 is 15.7 Å². The number of sulfone groups is 1. The molecule has 3 aromatic rings. The Bertz CT molecular complexity index is 1140. The summed E-state index contributed by atoms with van der Waals surface area (Å²) in [6.07, 6.45) is 1.84. The quantitative estimate of drug-likeness (QED) is 0.632. The molecule has 2 aromatic heterocycles. The highest BCUT2D eigenvalue weighted by Crippen LogP contribution is 2.26. The highest BCUT2D eigenvalue weighted by Gasteiger charge is 2.36. The third-order valence-corrected chi connectivity index (χ3v) is 6.75. The molecule has 0 bridgehead atoms. The number of halogens is 1. The summed E-state index contributed by atoms with van der Waals surface area (Å²) in [6.45, 7) is 1.77. The van der Waals surface area contributed by atoms with Crippen LogP contribution in [0.2, 0.25) is 0 Å². The molecule has 1 amide bonds. The second-order valence-corrected chi connectivity index (χ2v) is 9.34.